The molecule has 0 bridgehead atoms. The molecule has 4 aromatic heterocycles. The summed E-state index contributed by atoms with van der Waals surface area (Å²) in [5.41, 5.74) is 28.9. The van der Waals surface area contributed by atoms with Crippen LogP contribution in [0.2, 0.25) is 0 Å². The first-order valence-electron chi connectivity index (χ1n) is 40.3. The summed E-state index contributed by atoms with van der Waals surface area (Å²) in [5.74, 6) is -0.125. The fraction of sp³-hybridized carbons (Fsp3) is 0.145. The molecule has 624 valence electrons. The molecule has 0 amide bonds. The Morgan fingerprint density at radius 1 is 0.311 bits per heavy atom. The number of fused-ring (bicyclic) bond motifs is 2. The summed E-state index contributed by atoms with van der Waals surface area (Å²) in [6.45, 7) is 16.5. The largest absolute Gasteiger partial charge is 0.512 e. The molecule has 16 rings (SSSR count). The van der Waals surface area contributed by atoms with Gasteiger partial charge in [0.2, 0.25) is 0 Å². The van der Waals surface area contributed by atoms with Gasteiger partial charge in [0.25, 0.3) is 0 Å². The maximum atomic E-state index is 10.0. The third kappa shape index (κ3) is 30.1. The van der Waals surface area contributed by atoms with Gasteiger partial charge in [-0.15, -0.1) is 142 Å². The fourth-order valence-electron chi connectivity index (χ4n) is 13.5. The first kappa shape index (κ1) is 97.9. The Morgan fingerprint density at radius 3 is 1.06 bits per heavy atom. The van der Waals surface area contributed by atoms with Gasteiger partial charge >= 0.3 is 0 Å². The molecular weight excluding hydrogens is 2210 g/mol. The average Bonchev–Trinajstić information content (AvgIpc) is 0.793. The number of hydrogen-bond acceptors (Lipinski definition) is 8. The van der Waals surface area contributed by atoms with E-state index in [0.717, 1.165) is 61.5 Å². The predicted octanol–water partition coefficient (Wildman–Crippen LogP) is 28.7. The Labute approximate surface area is 775 Å². The van der Waals surface area contributed by atoms with Crippen LogP contribution in [0.15, 0.2) is 358 Å². The van der Waals surface area contributed by atoms with Crippen molar-refractivity contribution in [3.63, 3.8) is 0 Å². The number of hydrogen-bond donors (Lipinski definition) is 2. The van der Waals surface area contributed by atoms with Crippen LogP contribution in [-0.2, 0) is 96.4 Å². The van der Waals surface area contributed by atoms with Gasteiger partial charge in [0, 0.05) is 117 Å². The van der Waals surface area contributed by atoms with Gasteiger partial charge in [-0.2, -0.15) is 0 Å². The predicted molar refractivity (Wildman–Crippen MR) is 492 cm³/mol. The number of ketones is 2. The zero-order valence-corrected chi connectivity index (χ0v) is 79.8. The van der Waals surface area contributed by atoms with Gasteiger partial charge in [0.05, 0.1) is 11.5 Å². The second-order valence-electron chi connectivity index (χ2n) is 29.4. The summed E-state index contributed by atoms with van der Waals surface area (Å²) in [6.07, 6.45) is 19.0. The molecule has 0 saturated carbocycles. The maximum absolute atomic E-state index is 10.0. The summed E-state index contributed by atoms with van der Waals surface area (Å²) in [6, 6.07) is 122. The van der Waals surface area contributed by atoms with Crippen LogP contribution in [0.25, 0.3) is 133 Å². The van der Waals surface area contributed by atoms with Crippen LogP contribution in [0.1, 0.15) is 101 Å². The van der Waals surface area contributed by atoms with Crippen LogP contribution in [-0.4, -0.2) is 41.7 Å². The van der Waals surface area contributed by atoms with Gasteiger partial charge < -0.3 is 30.1 Å². The Hall–Kier alpha value is -11.2. The Balaban J connectivity index is 0.000000217. The van der Waals surface area contributed by atoms with Gasteiger partial charge in [-0.1, -0.05) is 244 Å². The number of carbonyl (C=O) groups excluding carboxylic acids is 2. The van der Waals surface area contributed by atoms with E-state index in [4.69, 9.17) is 15.2 Å². The molecule has 0 fully saturated rings. The summed E-state index contributed by atoms with van der Waals surface area (Å²) in [4.78, 5) is 38.1. The Bertz CT molecular complexity index is 5810. The van der Waals surface area contributed by atoms with E-state index >= 15 is 0 Å². The van der Waals surface area contributed by atoms with E-state index < -0.39 is 0 Å². The second kappa shape index (κ2) is 50.9. The van der Waals surface area contributed by atoms with Gasteiger partial charge in [-0.25, -0.2) is 0 Å². The zero-order chi connectivity index (χ0) is 83.0. The molecule has 0 aliphatic heterocycles. The molecule has 122 heavy (non-hydrogen) atoms. The average molecular weight is 2310 g/mol. The molecule has 0 spiro atoms. The summed E-state index contributed by atoms with van der Waals surface area (Å²) in [7, 11) is 0. The minimum atomic E-state index is -0.125. The maximum Gasteiger partial charge on any atom is 0.155 e. The van der Waals surface area contributed by atoms with E-state index in [1.54, 1.807) is 0 Å². The van der Waals surface area contributed by atoms with Crippen LogP contribution in [0.4, 0.5) is 0 Å². The Morgan fingerprint density at radius 2 is 0.680 bits per heavy atom. The monoisotopic (exact) mass is 2310 g/mol. The van der Waals surface area contributed by atoms with Gasteiger partial charge in [-0.3, -0.25) is 9.59 Å². The standard InChI is InChI=1S/C35H26N.C31H24N.C19H24N.C15H10N.2C5H8O2.4Ir/c1-24-10-14-26(15-11-24)31-21-32(27-16-12-25(2)13-17-27)23-33(22-31)29-7-5-8-30(20-29)35-34-9-4-3-6-28(34)18-19-36-35;1-22-9-13-24(14-10-22)28-19-29(25-15-11-23(2)12-16-25)21-30(20-28)26-6-5-7-27(18-26)31-8-3-4-17-32-31;1-2-3-4-5-6-7-10-17-12-14-18(15-13-17)19-11-8-9-16-20-19;1-2-7-13(8-3-1)15-14-9-5-4-6-12(14)10-11-16-15;2*1-4(6)3-5(2)7;;;;/h3-7,9-23H,1-2H3;3-6,8-21H,1-2H3;8-9,11-14,16H,2-7,10H2,1H3;1-7,9-11H;2*3,6H,1-2H3;;;;/q4*-1;;;;;;. The van der Waals surface area contributed by atoms with Crippen molar-refractivity contribution in [2.45, 2.75) is 107 Å². The number of rotatable bonds is 19. The van der Waals surface area contributed by atoms with Crippen molar-refractivity contribution in [1.29, 1.82) is 0 Å². The van der Waals surface area contributed by atoms with Gasteiger partial charge in [0.15, 0.2) is 11.6 Å². The van der Waals surface area contributed by atoms with Crippen LogP contribution in [0.5, 0.6) is 0 Å². The number of carbonyl (C=O) groups is 2. The molecule has 8 nitrogen and oxygen atoms in total. The zero-order valence-electron chi connectivity index (χ0n) is 70.2. The minimum Gasteiger partial charge on any atom is -0.512 e. The number of aliphatic hydroxyl groups is 2. The van der Waals surface area contributed by atoms with E-state index in [1.807, 2.05) is 116 Å². The number of nitrogens with zero attached hydrogens (tertiary/aromatic N) is 4. The number of pyridine rings is 4. The van der Waals surface area contributed by atoms with E-state index in [2.05, 4.69) is 292 Å². The first-order valence-corrected chi connectivity index (χ1v) is 40.3. The van der Waals surface area contributed by atoms with Crippen molar-refractivity contribution in [3.05, 3.63) is 410 Å². The van der Waals surface area contributed by atoms with Crippen LogP contribution >= 0.6 is 0 Å². The molecule has 12 aromatic carbocycles. The summed E-state index contributed by atoms with van der Waals surface area (Å²) < 4.78 is 0. The number of aryl methyl sites for hydroxylation is 5. The molecule has 4 heterocycles. The number of allylic oxidation sites excluding steroid dienone is 4. The summed E-state index contributed by atoms with van der Waals surface area (Å²) in [5, 5.41) is 21.4. The third-order valence-corrected chi connectivity index (χ3v) is 19.6. The van der Waals surface area contributed by atoms with E-state index in [9.17, 15) is 9.59 Å². The molecule has 0 aliphatic carbocycles. The number of aliphatic hydroxyl groups excluding tert-OH is 2. The molecule has 0 atom stereocenters. The van der Waals surface area contributed by atoms with Crippen LogP contribution < -0.4 is 0 Å². The molecular formula is C110H100Ir4N4O4-4. The first-order chi connectivity index (χ1) is 57.4. The smallest absolute Gasteiger partial charge is 0.155 e. The van der Waals surface area contributed by atoms with E-state index in [-0.39, 0.29) is 104 Å². The van der Waals surface area contributed by atoms with Crippen molar-refractivity contribution in [2.24, 2.45) is 0 Å². The van der Waals surface area contributed by atoms with Crippen molar-refractivity contribution in [3.8, 4) is 112 Å². The Kier molecular flexibility index (Phi) is 40.8. The van der Waals surface area contributed by atoms with Gasteiger partial charge in [-0.05, 0) is 216 Å². The molecule has 4 radical (unpaired) electrons. The summed E-state index contributed by atoms with van der Waals surface area (Å²) >= 11 is 0. The van der Waals surface area contributed by atoms with E-state index in [1.165, 1.54) is 184 Å². The van der Waals surface area contributed by atoms with Crippen molar-refractivity contribution in [2.75, 3.05) is 0 Å². The molecule has 0 aliphatic rings. The van der Waals surface area contributed by atoms with Crippen molar-refractivity contribution >= 4 is 33.1 Å². The SMILES string of the molecule is CC(=O)C=C(C)O.CC(=O)C=C(C)O.CCCCCCCCc1c[c-]c(-c2ccccn2)cc1.Cc1ccc(-c2cc(-c3ccc(C)cc3)cc(-c3cc[c-]c(-c4ccccn4)c3)c2)cc1.Cc1ccc(-c2cc(-c3ccc(C)cc3)cc(-c3cc[c-]c(-c4nccc5ccccc45)c3)c2)cc1.[Ir].[Ir].[Ir].[Ir].[c-]1ccccc1-c1nccc2ccccc12. The van der Waals surface area contributed by atoms with E-state index in [0.29, 0.717) is 0 Å². The van der Waals surface area contributed by atoms with Crippen LogP contribution in [0.3, 0.4) is 0 Å². The topological polar surface area (TPSA) is 126 Å². The quantitative estimate of drug-likeness (QED) is 0.0355. The molecule has 16 aromatic rings. The molecule has 2 N–H and O–H groups in total. The second-order valence-corrected chi connectivity index (χ2v) is 29.4. The van der Waals surface area contributed by atoms with Gasteiger partial charge in [0.1, 0.15) is 0 Å². The number of aromatic nitrogens is 4. The third-order valence-electron chi connectivity index (χ3n) is 19.6. The normalized spacial score (nSPS) is 10.5. The molecule has 0 saturated heterocycles. The van der Waals surface area contributed by atoms with Crippen molar-refractivity contribution in [1.82, 2.24) is 19.9 Å². The minimum absolute atomic E-state index is 0. The molecule has 0 unspecified atom stereocenters. The number of unbranched alkanes of at least 4 members (excludes halogenated alkanes) is 5. The van der Waals surface area contributed by atoms with Crippen LogP contribution in [0, 0.1) is 52.0 Å². The molecule has 12 heteroatoms. The number of benzene rings is 12. The van der Waals surface area contributed by atoms with Crippen molar-refractivity contribution < 1.29 is 100 Å². The fourth-order valence-corrected chi connectivity index (χ4v) is 13.5.